The van der Waals surface area contributed by atoms with Gasteiger partial charge in [-0.25, -0.2) is 0 Å². The summed E-state index contributed by atoms with van der Waals surface area (Å²) >= 11 is 1.69. The molecule has 2 rings (SSSR count). The maximum absolute atomic E-state index is 3.22. The Morgan fingerprint density at radius 2 is 2.36 bits per heavy atom. The number of hydrogen-bond acceptors (Lipinski definition) is 1. The fourth-order valence-corrected chi connectivity index (χ4v) is 2.00. The first-order valence-electron chi connectivity index (χ1n) is 4.77. The molecular weight excluding hydrogens is 188 g/mol. The van der Waals surface area contributed by atoms with Gasteiger partial charge < -0.3 is 0 Å². The van der Waals surface area contributed by atoms with Gasteiger partial charge in [0.2, 0.25) is 0 Å². The van der Waals surface area contributed by atoms with Gasteiger partial charge in [0.25, 0.3) is 0 Å². The Hall–Kier alpha value is -1.26. The molecule has 0 bridgehead atoms. The maximum atomic E-state index is 3.22. The van der Waals surface area contributed by atoms with Gasteiger partial charge >= 0.3 is 0 Å². The predicted molar refractivity (Wildman–Crippen MR) is 62.2 cm³/mol. The van der Waals surface area contributed by atoms with Crippen LogP contribution in [0.1, 0.15) is 18.2 Å². The SMILES string of the molecule is CC1C=CC=C(C#Cc2cccs2)C1. The molecule has 1 aromatic rings. The second-order valence-corrected chi connectivity index (χ2v) is 4.43. The average molecular weight is 200 g/mol. The van der Waals surface area contributed by atoms with Crippen molar-refractivity contribution in [1.82, 2.24) is 0 Å². The highest BCUT2D eigenvalue weighted by molar-refractivity contribution is 7.10. The largest absolute Gasteiger partial charge is 0.135 e. The molecule has 1 aliphatic carbocycles. The lowest BCUT2D eigenvalue weighted by Gasteiger charge is -2.08. The number of thiophene rings is 1. The van der Waals surface area contributed by atoms with Crippen LogP contribution in [0.4, 0.5) is 0 Å². The van der Waals surface area contributed by atoms with Gasteiger partial charge in [-0.1, -0.05) is 43.1 Å². The number of rotatable bonds is 0. The molecule has 0 nitrogen and oxygen atoms in total. The average Bonchev–Trinajstić information content (AvgIpc) is 2.67. The van der Waals surface area contributed by atoms with Crippen molar-refractivity contribution in [3.63, 3.8) is 0 Å². The highest BCUT2D eigenvalue weighted by atomic mass is 32.1. The summed E-state index contributed by atoms with van der Waals surface area (Å²) in [5.74, 6) is 7.04. The van der Waals surface area contributed by atoms with E-state index in [1.807, 2.05) is 6.07 Å². The van der Waals surface area contributed by atoms with Gasteiger partial charge in [0.1, 0.15) is 0 Å². The van der Waals surface area contributed by atoms with Crippen molar-refractivity contribution in [1.29, 1.82) is 0 Å². The minimum Gasteiger partial charge on any atom is -0.135 e. The van der Waals surface area contributed by atoms with Crippen LogP contribution in [0, 0.1) is 17.8 Å². The van der Waals surface area contributed by atoms with Crippen molar-refractivity contribution in [3.8, 4) is 11.8 Å². The van der Waals surface area contributed by atoms with E-state index in [4.69, 9.17) is 0 Å². The molecule has 0 radical (unpaired) electrons. The van der Waals surface area contributed by atoms with Gasteiger partial charge in [0.05, 0.1) is 4.88 Å². The first-order chi connectivity index (χ1) is 6.84. The fraction of sp³-hybridized carbons (Fsp3) is 0.231. The Labute approximate surface area is 89.0 Å². The molecular formula is C13H12S. The van der Waals surface area contributed by atoms with Crippen molar-refractivity contribution in [2.45, 2.75) is 13.3 Å². The zero-order valence-corrected chi connectivity index (χ0v) is 8.97. The van der Waals surface area contributed by atoms with Crippen molar-refractivity contribution >= 4 is 11.3 Å². The third-order valence-electron chi connectivity index (χ3n) is 2.15. The highest BCUT2D eigenvalue weighted by Gasteiger charge is 2.03. The second kappa shape index (κ2) is 4.30. The van der Waals surface area contributed by atoms with Crippen LogP contribution in [0.5, 0.6) is 0 Å². The van der Waals surface area contributed by atoms with E-state index in [2.05, 4.69) is 48.4 Å². The molecule has 1 heteroatoms. The topological polar surface area (TPSA) is 0 Å². The lowest BCUT2D eigenvalue weighted by molar-refractivity contribution is 0.721. The van der Waals surface area contributed by atoms with Crippen LogP contribution in [-0.2, 0) is 0 Å². The van der Waals surface area contributed by atoms with Crippen molar-refractivity contribution in [2.75, 3.05) is 0 Å². The van der Waals surface area contributed by atoms with Gasteiger partial charge in [-0.15, -0.1) is 11.3 Å². The zero-order chi connectivity index (χ0) is 9.80. The minimum atomic E-state index is 0.632. The summed E-state index contributed by atoms with van der Waals surface area (Å²) < 4.78 is 0. The Morgan fingerprint density at radius 3 is 3.07 bits per heavy atom. The Bertz CT molecular complexity index is 410. The predicted octanol–water partition coefficient (Wildman–Crippen LogP) is 3.62. The van der Waals surface area contributed by atoms with E-state index < -0.39 is 0 Å². The van der Waals surface area contributed by atoms with E-state index in [1.54, 1.807) is 11.3 Å². The third kappa shape index (κ3) is 2.37. The standard InChI is InChI=1S/C13H12S/c1-11-4-2-5-12(10-11)7-8-13-6-3-9-14-13/h2-6,9,11H,10H2,1H3. The molecule has 0 fully saturated rings. The molecule has 1 atom stereocenters. The first-order valence-corrected chi connectivity index (χ1v) is 5.65. The van der Waals surface area contributed by atoms with Crippen LogP contribution < -0.4 is 0 Å². The van der Waals surface area contributed by atoms with Crippen LogP contribution in [-0.4, -0.2) is 0 Å². The van der Waals surface area contributed by atoms with Crippen LogP contribution in [0.25, 0.3) is 0 Å². The lowest BCUT2D eigenvalue weighted by Crippen LogP contribution is -1.95. The van der Waals surface area contributed by atoms with E-state index in [-0.39, 0.29) is 0 Å². The van der Waals surface area contributed by atoms with E-state index in [1.165, 1.54) is 5.57 Å². The quantitative estimate of drug-likeness (QED) is 0.561. The molecule has 0 amide bonds. The van der Waals surface area contributed by atoms with Crippen molar-refractivity contribution in [3.05, 3.63) is 46.2 Å². The monoisotopic (exact) mass is 200 g/mol. The Balaban J connectivity index is 2.11. The fourth-order valence-electron chi connectivity index (χ4n) is 1.43. The van der Waals surface area contributed by atoms with Gasteiger partial charge in [0.15, 0.2) is 0 Å². The van der Waals surface area contributed by atoms with Crippen LogP contribution in [0.15, 0.2) is 41.3 Å². The Morgan fingerprint density at radius 1 is 1.43 bits per heavy atom. The van der Waals surface area contributed by atoms with E-state index in [0.717, 1.165) is 11.3 Å². The number of allylic oxidation sites excluding steroid dienone is 4. The summed E-state index contributed by atoms with van der Waals surface area (Å²) in [7, 11) is 0. The summed E-state index contributed by atoms with van der Waals surface area (Å²) in [5, 5.41) is 2.06. The van der Waals surface area contributed by atoms with E-state index in [0.29, 0.717) is 5.92 Å². The maximum Gasteiger partial charge on any atom is 0.0772 e. The van der Waals surface area contributed by atoms with Gasteiger partial charge in [0, 0.05) is 5.57 Å². The van der Waals surface area contributed by atoms with Gasteiger partial charge in [-0.3, -0.25) is 0 Å². The zero-order valence-electron chi connectivity index (χ0n) is 8.16. The molecule has 1 heterocycles. The molecule has 1 unspecified atom stereocenters. The normalized spacial score (nSPS) is 19.8. The molecule has 70 valence electrons. The molecule has 0 N–H and O–H groups in total. The molecule has 0 spiro atoms. The van der Waals surface area contributed by atoms with Crippen LogP contribution >= 0.6 is 11.3 Å². The van der Waals surface area contributed by atoms with Crippen molar-refractivity contribution < 1.29 is 0 Å². The summed E-state index contributed by atoms with van der Waals surface area (Å²) in [4.78, 5) is 1.15. The molecule has 0 saturated heterocycles. The summed E-state index contributed by atoms with van der Waals surface area (Å²) in [6, 6.07) is 4.09. The molecule has 0 aliphatic heterocycles. The molecule has 1 aliphatic rings. The Kier molecular flexibility index (Phi) is 2.86. The second-order valence-electron chi connectivity index (χ2n) is 3.49. The van der Waals surface area contributed by atoms with Crippen LogP contribution in [0.3, 0.4) is 0 Å². The summed E-state index contributed by atoms with van der Waals surface area (Å²) in [5.41, 5.74) is 1.24. The molecule has 14 heavy (non-hydrogen) atoms. The lowest BCUT2D eigenvalue weighted by atomic mass is 9.96. The molecule has 0 aromatic carbocycles. The first kappa shape index (κ1) is 9.30. The van der Waals surface area contributed by atoms with Gasteiger partial charge in [-0.05, 0) is 23.8 Å². The summed E-state index contributed by atoms with van der Waals surface area (Å²) in [6.45, 7) is 2.22. The molecule has 1 aromatic heterocycles. The highest BCUT2D eigenvalue weighted by Crippen LogP contribution is 2.17. The van der Waals surface area contributed by atoms with Crippen molar-refractivity contribution in [2.24, 2.45) is 5.92 Å². The van der Waals surface area contributed by atoms with Crippen LogP contribution in [0.2, 0.25) is 0 Å². The third-order valence-corrected chi connectivity index (χ3v) is 2.93. The number of hydrogen-bond donors (Lipinski definition) is 0. The van der Waals surface area contributed by atoms with E-state index in [9.17, 15) is 0 Å². The van der Waals surface area contributed by atoms with E-state index >= 15 is 0 Å². The minimum absolute atomic E-state index is 0.632. The van der Waals surface area contributed by atoms with Gasteiger partial charge in [-0.2, -0.15) is 0 Å². The molecule has 0 saturated carbocycles. The smallest absolute Gasteiger partial charge is 0.0772 e. The summed E-state index contributed by atoms with van der Waals surface area (Å²) in [6.07, 6.45) is 7.51.